The number of terminal acetylenes is 1. The van der Waals surface area contributed by atoms with E-state index in [-0.39, 0.29) is 17.7 Å². The molecule has 3 rings (SSSR count). The van der Waals surface area contributed by atoms with Crippen molar-refractivity contribution in [2.75, 3.05) is 19.6 Å². The summed E-state index contributed by atoms with van der Waals surface area (Å²) < 4.78 is 0. The van der Waals surface area contributed by atoms with Gasteiger partial charge in [0.25, 0.3) is 5.91 Å². The largest absolute Gasteiger partial charge is 0.292 e. The Labute approximate surface area is 186 Å². The number of hydrogen-bond acceptors (Lipinski definition) is 4. The van der Waals surface area contributed by atoms with Gasteiger partial charge in [-0.05, 0) is 67.9 Å². The normalized spacial score (nSPS) is 14.7. The number of hydrazine groups is 1. The summed E-state index contributed by atoms with van der Waals surface area (Å²) in [5, 5.41) is 0.719. The molecular formula is C23H24ClN3O2S. The third-order valence-electron chi connectivity index (χ3n) is 5.01. The Morgan fingerprint density at radius 1 is 1.07 bits per heavy atom. The highest BCUT2D eigenvalue weighted by Crippen LogP contribution is 2.24. The number of nitrogens with zero attached hydrogens (tertiary/aromatic N) is 1. The Hall–Kier alpha value is -2.46. The van der Waals surface area contributed by atoms with Crippen molar-refractivity contribution in [3.63, 3.8) is 0 Å². The lowest BCUT2D eigenvalue weighted by atomic mass is 9.96. The number of thioether (sulfide) groups is 1. The maximum absolute atomic E-state index is 12.3. The van der Waals surface area contributed by atoms with Crippen LogP contribution in [0.15, 0.2) is 53.4 Å². The fourth-order valence-corrected chi connectivity index (χ4v) is 4.21. The van der Waals surface area contributed by atoms with Crippen LogP contribution in [0.25, 0.3) is 0 Å². The van der Waals surface area contributed by atoms with E-state index in [4.69, 9.17) is 18.0 Å². The molecule has 2 amide bonds. The highest BCUT2D eigenvalue weighted by Gasteiger charge is 2.24. The Morgan fingerprint density at radius 2 is 1.73 bits per heavy atom. The third kappa shape index (κ3) is 6.53. The van der Waals surface area contributed by atoms with Gasteiger partial charge in [-0.3, -0.25) is 25.3 Å². The first-order chi connectivity index (χ1) is 14.5. The second-order valence-electron chi connectivity index (χ2n) is 7.14. The lowest BCUT2D eigenvalue weighted by Crippen LogP contribution is -2.47. The molecule has 0 aromatic heterocycles. The van der Waals surface area contributed by atoms with Crippen molar-refractivity contribution < 1.29 is 9.59 Å². The first-order valence-corrected chi connectivity index (χ1v) is 11.1. The number of amides is 2. The Bertz CT molecular complexity index is 902. The number of piperidine rings is 1. The molecule has 0 spiro atoms. The molecule has 0 atom stereocenters. The molecule has 0 unspecified atom stereocenters. The second-order valence-corrected chi connectivity index (χ2v) is 8.62. The van der Waals surface area contributed by atoms with E-state index in [0.717, 1.165) is 47.2 Å². The van der Waals surface area contributed by atoms with E-state index in [2.05, 4.69) is 21.7 Å². The van der Waals surface area contributed by atoms with Gasteiger partial charge in [0.2, 0.25) is 5.91 Å². The second kappa shape index (κ2) is 11.1. The molecule has 5 nitrogen and oxygen atoms in total. The minimum absolute atomic E-state index is 0.105. The van der Waals surface area contributed by atoms with Gasteiger partial charge >= 0.3 is 0 Å². The van der Waals surface area contributed by atoms with Gasteiger partial charge in [0.15, 0.2) is 0 Å². The fraction of sp³-hybridized carbons (Fsp3) is 0.304. The lowest BCUT2D eigenvalue weighted by molar-refractivity contribution is -0.127. The van der Waals surface area contributed by atoms with Gasteiger partial charge in [-0.15, -0.1) is 18.2 Å². The summed E-state index contributed by atoms with van der Waals surface area (Å²) >= 11 is 7.60. The highest BCUT2D eigenvalue weighted by atomic mass is 35.5. The number of nitrogens with one attached hydrogen (secondary N) is 2. The van der Waals surface area contributed by atoms with Crippen LogP contribution in [0.2, 0.25) is 5.02 Å². The van der Waals surface area contributed by atoms with Gasteiger partial charge < -0.3 is 0 Å². The van der Waals surface area contributed by atoms with E-state index >= 15 is 0 Å². The van der Waals surface area contributed by atoms with E-state index in [1.54, 1.807) is 23.9 Å². The zero-order chi connectivity index (χ0) is 21.3. The van der Waals surface area contributed by atoms with Crippen LogP contribution >= 0.6 is 23.4 Å². The molecule has 156 valence electrons. The maximum Gasteiger partial charge on any atom is 0.269 e. The quantitative estimate of drug-likeness (QED) is 0.407. The summed E-state index contributed by atoms with van der Waals surface area (Å²) in [6, 6.07) is 15.1. The number of hydrogen-bond donors (Lipinski definition) is 2. The monoisotopic (exact) mass is 441 g/mol. The molecule has 0 aliphatic carbocycles. The van der Waals surface area contributed by atoms with E-state index in [9.17, 15) is 9.59 Å². The molecule has 1 aliphatic rings. The predicted octanol–water partition coefficient (Wildman–Crippen LogP) is 3.74. The van der Waals surface area contributed by atoms with Crippen molar-refractivity contribution >= 4 is 35.2 Å². The van der Waals surface area contributed by atoms with Crippen LogP contribution in [0.5, 0.6) is 0 Å². The summed E-state index contributed by atoms with van der Waals surface area (Å²) in [5.41, 5.74) is 6.67. The van der Waals surface area contributed by atoms with Gasteiger partial charge in [-0.1, -0.05) is 29.7 Å². The van der Waals surface area contributed by atoms with Crippen molar-refractivity contribution in [1.29, 1.82) is 0 Å². The van der Waals surface area contributed by atoms with Crippen LogP contribution in [0.1, 0.15) is 28.8 Å². The average Bonchev–Trinajstić information content (AvgIpc) is 2.78. The lowest BCUT2D eigenvalue weighted by Gasteiger charge is -2.29. The summed E-state index contributed by atoms with van der Waals surface area (Å²) in [7, 11) is 0. The van der Waals surface area contributed by atoms with Gasteiger partial charge in [-0.25, -0.2) is 0 Å². The molecule has 30 heavy (non-hydrogen) atoms. The zero-order valence-corrected chi connectivity index (χ0v) is 18.1. The minimum atomic E-state index is -0.329. The van der Waals surface area contributed by atoms with Crippen LogP contribution in [0.3, 0.4) is 0 Å². The third-order valence-corrected chi connectivity index (χ3v) is 6.34. The van der Waals surface area contributed by atoms with Gasteiger partial charge in [0.05, 0.1) is 6.54 Å². The van der Waals surface area contributed by atoms with Crippen LogP contribution in [0.4, 0.5) is 0 Å². The summed E-state index contributed by atoms with van der Waals surface area (Å²) in [5.74, 6) is 2.83. The number of rotatable bonds is 6. The van der Waals surface area contributed by atoms with Gasteiger partial charge in [0.1, 0.15) is 0 Å². The van der Waals surface area contributed by atoms with E-state index in [1.807, 2.05) is 36.4 Å². The summed E-state index contributed by atoms with van der Waals surface area (Å²) in [6.07, 6.45) is 6.80. The topological polar surface area (TPSA) is 61.4 Å². The molecule has 1 heterocycles. The van der Waals surface area contributed by atoms with E-state index < -0.39 is 0 Å². The fourth-order valence-electron chi connectivity index (χ4n) is 3.22. The minimum Gasteiger partial charge on any atom is -0.292 e. The molecule has 2 N–H and O–H groups in total. The van der Waals surface area contributed by atoms with Gasteiger partial charge in [-0.2, -0.15) is 0 Å². The highest BCUT2D eigenvalue weighted by molar-refractivity contribution is 7.98. The maximum atomic E-state index is 12.3. The molecule has 2 aromatic carbocycles. The number of carbonyl (C=O) groups excluding carboxylic acids is 2. The van der Waals surface area contributed by atoms with Crippen molar-refractivity contribution in [1.82, 2.24) is 15.8 Å². The van der Waals surface area contributed by atoms with Crippen LogP contribution in [-0.4, -0.2) is 36.3 Å². The molecule has 0 saturated carbocycles. The average molecular weight is 442 g/mol. The Morgan fingerprint density at radius 3 is 2.37 bits per heavy atom. The van der Waals surface area contributed by atoms with Crippen LogP contribution in [-0.2, 0) is 10.5 Å². The molecular weight excluding hydrogens is 418 g/mol. The Kier molecular flexibility index (Phi) is 8.21. The van der Waals surface area contributed by atoms with Crippen molar-refractivity contribution in [3.8, 4) is 12.3 Å². The summed E-state index contributed by atoms with van der Waals surface area (Å²) in [4.78, 5) is 27.9. The molecule has 0 bridgehead atoms. The number of benzene rings is 2. The molecule has 1 saturated heterocycles. The number of carbonyl (C=O) groups is 2. The molecule has 2 aromatic rings. The first-order valence-electron chi connectivity index (χ1n) is 9.78. The number of likely N-dealkylation sites (tertiary alicyclic amines) is 1. The van der Waals surface area contributed by atoms with Crippen molar-refractivity contribution in [3.05, 3.63) is 64.7 Å². The number of halogens is 1. The van der Waals surface area contributed by atoms with E-state index in [0.29, 0.717) is 12.1 Å². The molecule has 1 fully saturated rings. The van der Waals surface area contributed by atoms with Crippen LogP contribution < -0.4 is 10.9 Å². The zero-order valence-electron chi connectivity index (χ0n) is 16.6. The van der Waals surface area contributed by atoms with E-state index in [1.165, 1.54) is 0 Å². The van der Waals surface area contributed by atoms with Crippen molar-refractivity contribution in [2.45, 2.75) is 23.5 Å². The van der Waals surface area contributed by atoms with Crippen molar-refractivity contribution in [2.24, 2.45) is 5.92 Å². The molecule has 1 aliphatic heterocycles. The first kappa shape index (κ1) is 22.2. The summed E-state index contributed by atoms with van der Waals surface area (Å²) in [6.45, 7) is 2.21. The standard InChI is InChI=1S/C23H24ClN3O2S/c1-2-13-27-14-11-19(12-15-27)23(29)26-25-22(28)18-5-3-17(4-6-18)16-30-21-9-7-20(24)8-10-21/h1,3-10,19H,11-16H2,(H,25,28)(H,26,29). The SMILES string of the molecule is C#CCN1CCC(C(=O)NNC(=O)c2ccc(CSc3ccc(Cl)cc3)cc2)CC1. The predicted molar refractivity (Wildman–Crippen MR) is 121 cm³/mol. The molecule has 7 heteroatoms. The van der Waals surface area contributed by atoms with Crippen LogP contribution in [0, 0.1) is 18.3 Å². The van der Waals surface area contributed by atoms with Gasteiger partial charge in [0, 0.05) is 27.2 Å². The Balaban J connectivity index is 1.42. The smallest absolute Gasteiger partial charge is 0.269 e. The molecule has 0 radical (unpaired) electrons.